The fraction of sp³-hybridized carbons (Fsp3) is 0.381. The van der Waals surface area contributed by atoms with Crippen molar-refractivity contribution in [2.75, 3.05) is 26.1 Å². The number of carboxylic acid groups (broad SMARTS) is 1. The van der Waals surface area contributed by atoms with Crippen molar-refractivity contribution < 1.29 is 27.8 Å². The minimum absolute atomic E-state index is 0.0880. The molecule has 2 rings (SSSR count). The molecule has 0 radical (unpaired) electrons. The summed E-state index contributed by atoms with van der Waals surface area (Å²) in [4.78, 5) is 11.2. The molecule has 2 aromatic rings. The summed E-state index contributed by atoms with van der Waals surface area (Å²) in [6.07, 6.45) is 1.21. The second kappa shape index (κ2) is 10.3. The van der Waals surface area contributed by atoms with E-state index in [9.17, 15) is 18.3 Å². The van der Waals surface area contributed by atoms with Gasteiger partial charge in [-0.15, -0.1) is 0 Å². The highest BCUT2D eigenvalue weighted by Crippen LogP contribution is 2.28. The number of benzene rings is 2. The third-order valence-corrected chi connectivity index (χ3v) is 6.29. The monoisotopic (exact) mass is 436 g/mol. The first-order valence-electron chi connectivity index (χ1n) is 9.56. The molecule has 0 saturated carbocycles. The van der Waals surface area contributed by atoms with Crippen LogP contribution in [0, 0.1) is 0 Å². The van der Waals surface area contributed by atoms with E-state index in [0.29, 0.717) is 36.6 Å². The van der Waals surface area contributed by atoms with Crippen LogP contribution in [0.25, 0.3) is 0 Å². The Morgan fingerprint density at radius 2 is 1.80 bits per heavy atom. The van der Waals surface area contributed by atoms with Crippen LogP contribution in [-0.4, -0.2) is 46.3 Å². The van der Waals surface area contributed by atoms with E-state index in [0.717, 1.165) is 5.56 Å². The highest BCUT2D eigenvalue weighted by atomic mass is 32.2. The molecule has 0 heterocycles. The summed E-state index contributed by atoms with van der Waals surface area (Å²) in [7, 11) is -0.760. The number of ether oxygens (including phenoxy) is 2. The van der Waals surface area contributed by atoms with Gasteiger partial charge in [-0.05, 0) is 55.7 Å². The second-order valence-electron chi connectivity index (χ2n) is 6.81. The highest BCUT2D eigenvalue weighted by molar-refractivity contribution is 7.89. The van der Waals surface area contributed by atoms with Crippen molar-refractivity contribution >= 4 is 21.7 Å². The standard InChI is InChI=1S/C21H28N2O6S/c1-5-14(2)23-30(26,27)20-13-16(21(24)25)7-8-17(20)22-11-10-15-6-9-18(28-3)19(12-15)29-4/h6-9,12-14,22-23H,5,10-11H2,1-4H3,(H,24,25)/t14-/m1/s1. The fourth-order valence-corrected chi connectivity index (χ4v) is 4.35. The molecule has 1 atom stereocenters. The molecule has 0 aliphatic carbocycles. The lowest BCUT2D eigenvalue weighted by Crippen LogP contribution is -2.32. The van der Waals surface area contributed by atoms with E-state index in [1.54, 1.807) is 21.1 Å². The van der Waals surface area contributed by atoms with E-state index >= 15 is 0 Å². The van der Waals surface area contributed by atoms with Crippen LogP contribution in [0.3, 0.4) is 0 Å². The van der Waals surface area contributed by atoms with Crippen molar-refractivity contribution in [1.82, 2.24) is 4.72 Å². The van der Waals surface area contributed by atoms with Gasteiger partial charge in [-0.1, -0.05) is 13.0 Å². The molecule has 164 valence electrons. The second-order valence-corrected chi connectivity index (χ2v) is 8.50. The Balaban J connectivity index is 2.24. The van der Waals surface area contributed by atoms with Crippen LogP contribution in [-0.2, 0) is 16.4 Å². The lowest BCUT2D eigenvalue weighted by Gasteiger charge is -2.17. The van der Waals surface area contributed by atoms with Gasteiger partial charge < -0.3 is 19.9 Å². The molecular formula is C21H28N2O6S. The summed E-state index contributed by atoms with van der Waals surface area (Å²) >= 11 is 0. The van der Waals surface area contributed by atoms with Crippen molar-refractivity contribution in [1.29, 1.82) is 0 Å². The zero-order valence-corrected chi connectivity index (χ0v) is 18.4. The van der Waals surface area contributed by atoms with Gasteiger partial charge in [0.1, 0.15) is 4.90 Å². The predicted molar refractivity (Wildman–Crippen MR) is 115 cm³/mol. The molecule has 0 unspecified atom stereocenters. The summed E-state index contributed by atoms with van der Waals surface area (Å²) < 4.78 is 38.7. The summed E-state index contributed by atoms with van der Waals surface area (Å²) in [6.45, 7) is 4.06. The number of hydrogen-bond donors (Lipinski definition) is 3. The average molecular weight is 437 g/mol. The molecule has 8 nitrogen and oxygen atoms in total. The van der Waals surface area contributed by atoms with Gasteiger partial charge >= 0.3 is 5.97 Å². The Kier molecular flexibility index (Phi) is 8.08. The number of carbonyl (C=O) groups is 1. The zero-order valence-electron chi connectivity index (χ0n) is 17.6. The molecule has 0 bridgehead atoms. The van der Waals surface area contributed by atoms with Gasteiger partial charge in [0.05, 0.1) is 25.5 Å². The quantitative estimate of drug-likeness (QED) is 0.496. The number of anilines is 1. The van der Waals surface area contributed by atoms with Gasteiger partial charge in [-0.2, -0.15) is 0 Å². The molecule has 0 fully saturated rings. The largest absolute Gasteiger partial charge is 0.493 e. The maximum absolute atomic E-state index is 12.8. The average Bonchev–Trinajstić information content (AvgIpc) is 2.73. The summed E-state index contributed by atoms with van der Waals surface area (Å²) in [5.41, 5.74) is 1.23. The van der Waals surface area contributed by atoms with Crippen LogP contribution in [0.5, 0.6) is 11.5 Å². The smallest absolute Gasteiger partial charge is 0.335 e. The topological polar surface area (TPSA) is 114 Å². The third-order valence-electron chi connectivity index (χ3n) is 4.66. The Labute approximate surface area is 177 Å². The summed E-state index contributed by atoms with van der Waals surface area (Å²) in [6, 6.07) is 9.32. The number of sulfonamides is 1. The van der Waals surface area contributed by atoms with Gasteiger partial charge in [0.25, 0.3) is 0 Å². The van der Waals surface area contributed by atoms with Crippen molar-refractivity contribution in [3.05, 3.63) is 47.5 Å². The number of carboxylic acids is 1. The van der Waals surface area contributed by atoms with E-state index in [-0.39, 0.29) is 16.5 Å². The first kappa shape index (κ1) is 23.5. The molecular weight excluding hydrogens is 408 g/mol. The SMILES string of the molecule is CC[C@@H](C)NS(=O)(=O)c1cc(C(=O)O)ccc1NCCc1ccc(OC)c(OC)c1. The van der Waals surface area contributed by atoms with E-state index in [1.165, 1.54) is 18.2 Å². The van der Waals surface area contributed by atoms with Crippen LogP contribution in [0.4, 0.5) is 5.69 Å². The van der Waals surface area contributed by atoms with E-state index in [1.807, 2.05) is 25.1 Å². The molecule has 0 aromatic heterocycles. The van der Waals surface area contributed by atoms with Crippen LogP contribution in [0.1, 0.15) is 36.2 Å². The number of methoxy groups -OCH3 is 2. The van der Waals surface area contributed by atoms with Gasteiger partial charge in [0.2, 0.25) is 10.0 Å². The van der Waals surface area contributed by atoms with E-state index < -0.39 is 16.0 Å². The maximum Gasteiger partial charge on any atom is 0.335 e. The van der Waals surface area contributed by atoms with Gasteiger partial charge in [0.15, 0.2) is 11.5 Å². The Morgan fingerprint density at radius 3 is 2.40 bits per heavy atom. The van der Waals surface area contributed by atoms with E-state index in [2.05, 4.69) is 10.0 Å². The lowest BCUT2D eigenvalue weighted by molar-refractivity contribution is 0.0696. The molecule has 2 aromatic carbocycles. The van der Waals surface area contributed by atoms with Crippen molar-refractivity contribution in [3.63, 3.8) is 0 Å². The molecule has 30 heavy (non-hydrogen) atoms. The zero-order chi connectivity index (χ0) is 22.3. The Bertz CT molecular complexity index is 991. The number of aromatic carboxylic acids is 1. The van der Waals surface area contributed by atoms with Gasteiger partial charge in [-0.3, -0.25) is 0 Å². The normalized spacial score (nSPS) is 12.3. The van der Waals surface area contributed by atoms with Crippen LogP contribution >= 0.6 is 0 Å². The summed E-state index contributed by atoms with van der Waals surface area (Å²) in [5, 5.41) is 12.4. The van der Waals surface area contributed by atoms with Gasteiger partial charge in [-0.25, -0.2) is 17.9 Å². The van der Waals surface area contributed by atoms with Crippen LogP contribution < -0.4 is 19.5 Å². The van der Waals surface area contributed by atoms with Crippen molar-refractivity contribution in [2.45, 2.75) is 37.6 Å². The lowest BCUT2D eigenvalue weighted by atomic mass is 10.1. The minimum Gasteiger partial charge on any atom is -0.493 e. The molecule has 0 amide bonds. The maximum atomic E-state index is 12.8. The summed E-state index contributed by atoms with van der Waals surface area (Å²) in [5.74, 6) is 0.0525. The Morgan fingerprint density at radius 1 is 1.10 bits per heavy atom. The predicted octanol–water partition coefficient (Wildman–Crippen LogP) is 3.13. The van der Waals surface area contributed by atoms with Crippen LogP contribution in [0.15, 0.2) is 41.3 Å². The first-order valence-corrected chi connectivity index (χ1v) is 11.0. The van der Waals surface area contributed by atoms with Crippen molar-refractivity contribution in [2.24, 2.45) is 0 Å². The van der Waals surface area contributed by atoms with Crippen LogP contribution in [0.2, 0.25) is 0 Å². The molecule has 0 aliphatic heterocycles. The van der Waals surface area contributed by atoms with Crippen molar-refractivity contribution in [3.8, 4) is 11.5 Å². The molecule has 0 spiro atoms. The third kappa shape index (κ3) is 5.87. The van der Waals surface area contributed by atoms with Gasteiger partial charge in [0, 0.05) is 12.6 Å². The van der Waals surface area contributed by atoms with E-state index in [4.69, 9.17) is 9.47 Å². The number of nitrogens with one attached hydrogen (secondary N) is 2. The molecule has 9 heteroatoms. The highest BCUT2D eigenvalue weighted by Gasteiger charge is 2.22. The Hall–Kier alpha value is -2.78. The number of hydrogen-bond acceptors (Lipinski definition) is 6. The fourth-order valence-electron chi connectivity index (χ4n) is 2.81. The molecule has 3 N–H and O–H groups in total. The number of rotatable bonds is 11. The molecule has 0 saturated heterocycles. The minimum atomic E-state index is -3.89. The molecule has 0 aliphatic rings. The first-order chi connectivity index (χ1) is 14.2.